The van der Waals surface area contributed by atoms with E-state index in [1.165, 1.54) is 5.57 Å². The fourth-order valence-electron chi connectivity index (χ4n) is 3.19. The minimum atomic E-state index is -0.0762. The molecule has 0 atom stereocenters. The second-order valence-corrected chi connectivity index (χ2v) is 6.36. The molecule has 0 amide bonds. The Hall–Kier alpha value is -2.18. The molecule has 0 unspecified atom stereocenters. The number of ether oxygens (including phenoxy) is 1. The Morgan fingerprint density at radius 2 is 2.13 bits per heavy atom. The predicted molar refractivity (Wildman–Crippen MR) is 91.1 cm³/mol. The van der Waals surface area contributed by atoms with E-state index >= 15 is 0 Å². The first-order valence-electron chi connectivity index (χ1n) is 7.67. The molecule has 2 aromatic rings. The number of fused-ring (bicyclic) bond motifs is 2. The van der Waals surface area contributed by atoms with Gasteiger partial charge in [-0.25, -0.2) is 0 Å². The summed E-state index contributed by atoms with van der Waals surface area (Å²) in [6.45, 7) is 2.95. The van der Waals surface area contributed by atoms with Crippen LogP contribution in [-0.2, 0) is 13.0 Å². The van der Waals surface area contributed by atoms with Gasteiger partial charge in [0.1, 0.15) is 12.4 Å². The summed E-state index contributed by atoms with van der Waals surface area (Å²) in [4.78, 5) is 20.1. The topological polar surface area (TPSA) is 61.1 Å². The van der Waals surface area contributed by atoms with Gasteiger partial charge < -0.3 is 9.72 Å². The zero-order valence-electron chi connectivity index (χ0n) is 12.6. The van der Waals surface area contributed by atoms with Crippen LogP contribution in [-0.4, -0.2) is 34.6 Å². The lowest BCUT2D eigenvalue weighted by atomic mass is 10.0. The van der Waals surface area contributed by atoms with Crippen molar-refractivity contribution < 1.29 is 4.74 Å². The lowest BCUT2D eigenvalue weighted by molar-refractivity contribution is 0.254. The highest BCUT2D eigenvalue weighted by Crippen LogP contribution is 2.26. The molecule has 0 fully saturated rings. The van der Waals surface area contributed by atoms with Crippen LogP contribution >= 0.6 is 12.2 Å². The normalized spacial score (nSPS) is 17.0. The Morgan fingerprint density at radius 1 is 1.26 bits per heavy atom. The Bertz CT molecular complexity index is 897. The molecule has 5 nitrogen and oxygen atoms in total. The molecule has 0 radical (unpaired) electrons. The van der Waals surface area contributed by atoms with Crippen LogP contribution in [0.25, 0.3) is 6.08 Å². The summed E-state index contributed by atoms with van der Waals surface area (Å²) in [6.07, 6.45) is 3.00. The number of hydrogen-bond donors (Lipinski definition) is 2. The number of H-pyrrole nitrogens is 2. The first kappa shape index (κ1) is 14.4. The summed E-state index contributed by atoms with van der Waals surface area (Å²) >= 11 is 5.03. The third-order valence-corrected chi connectivity index (χ3v) is 4.51. The number of para-hydroxylation sites is 1. The number of benzene rings is 1. The summed E-state index contributed by atoms with van der Waals surface area (Å²) in [6, 6.07) is 8.04. The molecular formula is C17H17N3O2S. The molecule has 23 heavy (non-hydrogen) atoms. The minimum Gasteiger partial charge on any atom is -0.489 e. The molecule has 0 spiro atoms. The van der Waals surface area contributed by atoms with Crippen molar-refractivity contribution >= 4 is 18.3 Å². The van der Waals surface area contributed by atoms with Crippen molar-refractivity contribution in [3.05, 3.63) is 61.8 Å². The minimum absolute atomic E-state index is 0.0762. The highest BCUT2D eigenvalue weighted by Gasteiger charge is 2.21. The maximum Gasteiger partial charge on any atom is 0.256 e. The average Bonchev–Trinajstić information content (AvgIpc) is 2.55. The Balaban J connectivity index is 1.54. The maximum absolute atomic E-state index is 12.1. The molecule has 1 aromatic carbocycles. The average molecular weight is 327 g/mol. The smallest absolute Gasteiger partial charge is 0.256 e. The summed E-state index contributed by atoms with van der Waals surface area (Å²) in [5.74, 6) is 0.934. The quantitative estimate of drug-likeness (QED) is 0.831. The van der Waals surface area contributed by atoms with E-state index in [4.69, 9.17) is 17.0 Å². The second kappa shape index (κ2) is 5.79. The van der Waals surface area contributed by atoms with Gasteiger partial charge in [-0.2, -0.15) is 0 Å². The number of nitrogens with one attached hydrogen (secondary N) is 2. The van der Waals surface area contributed by atoms with Gasteiger partial charge in [0.25, 0.3) is 5.56 Å². The maximum atomic E-state index is 12.1. The fraction of sp³-hybridized carbons (Fsp3) is 0.294. The van der Waals surface area contributed by atoms with E-state index in [9.17, 15) is 4.79 Å². The van der Waals surface area contributed by atoms with Gasteiger partial charge in [0.05, 0.1) is 5.56 Å². The standard InChI is InChI=1S/C17H17N3O2S/c21-16-13-9-20(6-5-14(13)18-17(23)19-16)8-11-7-12-3-1-2-4-15(12)22-10-11/h1-4,7H,5-6,8-10H2,(H2,18,19,21,23). The molecule has 0 saturated heterocycles. The molecule has 0 aliphatic carbocycles. The highest BCUT2D eigenvalue weighted by molar-refractivity contribution is 7.71. The van der Waals surface area contributed by atoms with Crippen LogP contribution in [0, 0.1) is 4.77 Å². The van der Waals surface area contributed by atoms with Gasteiger partial charge in [-0.05, 0) is 29.9 Å². The first-order chi connectivity index (χ1) is 11.2. The fourth-order valence-corrected chi connectivity index (χ4v) is 3.41. The van der Waals surface area contributed by atoms with Gasteiger partial charge in [-0.1, -0.05) is 18.2 Å². The molecule has 3 heterocycles. The summed E-state index contributed by atoms with van der Waals surface area (Å²) in [5, 5.41) is 0. The Kier molecular flexibility index (Phi) is 3.63. The third-order valence-electron chi connectivity index (χ3n) is 4.31. The third kappa shape index (κ3) is 2.87. The van der Waals surface area contributed by atoms with E-state index in [-0.39, 0.29) is 5.56 Å². The van der Waals surface area contributed by atoms with Crippen LogP contribution < -0.4 is 10.3 Å². The number of hydrogen-bond acceptors (Lipinski definition) is 4. The van der Waals surface area contributed by atoms with Gasteiger partial charge >= 0.3 is 0 Å². The summed E-state index contributed by atoms with van der Waals surface area (Å²) < 4.78 is 6.21. The van der Waals surface area contributed by atoms with E-state index in [0.29, 0.717) is 17.9 Å². The van der Waals surface area contributed by atoms with Crippen molar-refractivity contribution in [3.63, 3.8) is 0 Å². The molecule has 2 aliphatic heterocycles. The van der Waals surface area contributed by atoms with E-state index < -0.39 is 0 Å². The van der Waals surface area contributed by atoms with Gasteiger partial charge in [0.2, 0.25) is 0 Å². The van der Waals surface area contributed by atoms with Crippen LogP contribution in [0.4, 0.5) is 0 Å². The van der Waals surface area contributed by atoms with Crippen molar-refractivity contribution in [1.82, 2.24) is 14.9 Å². The van der Waals surface area contributed by atoms with Crippen molar-refractivity contribution in [2.24, 2.45) is 0 Å². The Morgan fingerprint density at radius 3 is 3.04 bits per heavy atom. The first-order valence-corrected chi connectivity index (χ1v) is 8.08. The van der Waals surface area contributed by atoms with Gasteiger partial charge in [-0.3, -0.25) is 14.7 Å². The molecule has 2 aliphatic rings. The molecule has 1 aromatic heterocycles. The van der Waals surface area contributed by atoms with Crippen molar-refractivity contribution in [3.8, 4) is 5.75 Å². The largest absolute Gasteiger partial charge is 0.489 e. The molecule has 4 rings (SSSR count). The molecule has 2 N–H and O–H groups in total. The number of nitrogens with zero attached hydrogens (tertiary/aromatic N) is 1. The van der Waals surface area contributed by atoms with E-state index in [2.05, 4.69) is 27.0 Å². The monoisotopic (exact) mass is 327 g/mol. The zero-order chi connectivity index (χ0) is 15.8. The predicted octanol–water partition coefficient (Wildman–Crippen LogP) is 2.27. The molecule has 0 bridgehead atoms. The summed E-state index contributed by atoms with van der Waals surface area (Å²) in [7, 11) is 0. The lowest BCUT2D eigenvalue weighted by Gasteiger charge is -2.29. The van der Waals surface area contributed by atoms with Crippen LogP contribution in [0.15, 0.2) is 34.6 Å². The van der Waals surface area contributed by atoms with Crippen LogP contribution in [0.1, 0.15) is 16.8 Å². The lowest BCUT2D eigenvalue weighted by Crippen LogP contribution is -2.37. The van der Waals surface area contributed by atoms with Crippen molar-refractivity contribution in [1.29, 1.82) is 0 Å². The molecule has 6 heteroatoms. The van der Waals surface area contributed by atoms with Crippen molar-refractivity contribution in [2.75, 3.05) is 19.7 Å². The van der Waals surface area contributed by atoms with Gasteiger partial charge in [-0.15, -0.1) is 0 Å². The number of aromatic amines is 2. The molecule has 118 valence electrons. The molecular weight excluding hydrogens is 310 g/mol. The Labute approximate surface area is 138 Å². The SMILES string of the molecule is O=c1[nH]c(=S)[nH]c2c1CN(CC1=Cc3ccccc3OC1)CC2. The van der Waals surface area contributed by atoms with Crippen molar-refractivity contribution in [2.45, 2.75) is 13.0 Å². The molecule has 0 saturated carbocycles. The number of aromatic nitrogens is 2. The van der Waals surface area contributed by atoms with Crippen LogP contribution in [0.2, 0.25) is 0 Å². The van der Waals surface area contributed by atoms with Crippen LogP contribution in [0.3, 0.4) is 0 Å². The van der Waals surface area contributed by atoms with E-state index in [1.54, 1.807) is 0 Å². The van der Waals surface area contributed by atoms with Crippen LogP contribution in [0.5, 0.6) is 5.75 Å². The van der Waals surface area contributed by atoms with Gasteiger partial charge in [0.15, 0.2) is 4.77 Å². The van der Waals surface area contributed by atoms with Gasteiger partial charge in [0, 0.05) is 37.3 Å². The number of rotatable bonds is 2. The zero-order valence-corrected chi connectivity index (χ0v) is 13.4. The second-order valence-electron chi connectivity index (χ2n) is 5.96. The van der Waals surface area contributed by atoms with E-state index in [0.717, 1.165) is 42.1 Å². The highest BCUT2D eigenvalue weighted by atomic mass is 32.1. The summed E-state index contributed by atoms with van der Waals surface area (Å²) in [5.41, 5.74) is 4.03. The van der Waals surface area contributed by atoms with E-state index in [1.807, 2.05) is 18.2 Å².